The SMILES string of the molecule is Cc1c(OC[C@H]2CCCN(C(=O)OC(C)(C)C)C2)nn(-c2ccccc2)c1N. The molecule has 7 nitrogen and oxygen atoms in total. The van der Waals surface area contributed by atoms with Gasteiger partial charge in [0.2, 0.25) is 5.88 Å². The predicted octanol–water partition coefficient (Wildman–Crippen LogP) is 3.79. The monoisotopic (exact) mass is 386 g/mol. The topological polar surface area (TPSA) is 82.6 Å². The highest BCUT2D eigenvalue weighted by Gasteiger charge is 2.28. The van der Waals surface area contributed by atoms with Crippen LogP contribution in [0.2, 0.25) is 0 Å². The summed E-state index contributed by atoms with van der Waals surface area (Å²) in [6, 6.07) is 9.74. The Bertz CT molecular complexity index is 811. The molecular weight excluding hydrogens is 356 g/mol. The van der Waals surface area contributed by atoms with Crippen LogP contribution in [0.4, 0.5) is 10.6 Å². The summed E-state index contributed by atoms with van der Waals surface area (Å²) in [5, 5.41) is 4.53. The molecule has 1 aliphatic rings. The van der Waals surface area contributed by atoms with Gasteiger partial charge in [0, 0.05) is 19.0 Å². The fourth-order valence-corrected chi connectivity index (χ4v) is 3.28. The van der Waals surface area contributed by atoms with Crippen LogP contribution in [-0.2, 0) is 4.74 Å². The van der Waals surface area contributed by atoms with Crippen LogP contribution in [0.5, 0.6) is 5.88 Å². The Morgan fingerprint density at radius 1 is 1.29 bits per heavy atom. The van der Waals surface area contributed by atoms with Gasteiger partial charge in [-0.1, -0.05) is 18.2 Å². The fraction of sp³-hybridized carbons (Fsp3) is 0.524. The number of rotatable bonds is 4. The highest BCUT2D eigenvalue weighted by atomic mass is 16.6. The Hall–Kier alpha value is -2.70. The van der Waals surface area contributed by atoms with Gasteiger partial charge < -0.3 is 20.1 Å². The molecule has 2 N–H and O–H groups in total. The van der Waals surface area contributed by atoms with Crippen molar-refractivity contribution in [3.8, 4) is 11.6 Å². The second kappa shape index (κ2) is 8.12. The van der Waals surface area contributed by atoms with E-state index in [9.17, 15) is 4.79 Å². The Morgan fingerprint density at radius 2 is 2.00 bits per heavy atom. The number of amides is 1. The summed E-state index contributed by atoms with van der Waals surface area (Å²) >= 11 is 0. The first-order valence-corrected chi connectivity index (χ1v) is 9.76. The first kappa shape index (κ1) is 20.0. The van der Waals surface area contributed by atoms with Crippen molar-refractivity contribution in [2.75, 3.05) is 25.4 Å². The van der Waals surface area contributed by atoms with Gasteiger partial charge in [0.15, 0.2) is 0 Å². The number of para-hydroxylation sites is 1. The van der Waals surface area contributed by atoms with E-state index in [1.807, 2.05) is 58.0 Å². The highest BCUT2D eigenvalue weighted by Crippen LogP contribution is 2.27. The number of hydrogen-bond donors (Lipinski definition) is 1. The second-order valence-corrected chi connectivity index (χ2v) is 8.31. The molecule has 0 unspecified atom stereocenters. The van der Waals surface area contributed by atoms with E-state index < -0.39 is 5.60 Å². The summed E-state index contributed by atoms with van der Waals surface area (Å²) in [5.41, 5.74) is 7.45. The fourth-order valence-electron chi connectivity index (χ4n) is 3.28. The lowest BCUT2D eigenvalue weighted by atomic mass is 9.99. The minimum Gasteiger partial charge on any atom is -0.476 e. The lowest BCUT2D eigenvalue weighted by molar-refractivity contribution is 0.0138. The van der Waals surface area contributed by atoms with Crippen LogP contribution < -0.4 is 10.5 Å². The number of carbonyl (C=O) groups excluding carboxylic acids is 1. The van der Waals surface area contributed by atoms with Crippen LogP contribution in [0.3, 0.4) is 0 Å². The number of anilines is 1. The number of hydrogen-bond acceptors (Lipinski definition) is 5. The summed E-state index contributed by atoms with van der Waals surface area (Å²) in [5.74, 6) is 1.35. The van der Waals surface area contributed by atoms with Crippen LogP contribution in [0.1, 0.15) is 39.2 Å². The zero-order chi connectivity index (χ0) is 20.3. The maximum Gasteiger partial charge on any atom is 0.410 e. The number of nitrogen functional groups attached to an aromatic ring is 1. The molecule has 1 aromatic carbocycles. The molecule has 0 radical (unpaired) electrons. The van der Waals surface area contributed by atoms with E-state index in [-0.39, 0.29) is 12.0 Å². The third kappa shape index (κ3) is 4.77. The lowest BCUT2D eigenvalue weighted by Gasteiger charge is -2.33. The maximum atomic E-state index is 12.3. The van der Waals surface area contributed by atoms with Crippen molar-refractivity contribution in [3.05, 3.63) is 35.9 Å². The molecule has 1 fully saturated rings. The Morgan fingerprint density at radius 3 is 2.68 bits per heavy atom. The van der Waals surface area contributed by atoms with E-state index in [0.29, 0.717) is 24.8 Å². The van der Waals surface area contributed by atoms with E-state index in [0.717, 1.165) is 30.6 Å². The van der Waals surface area contributed by atoms with Crippen molar-refractivity contribution in [3.63, 3.8) is 0 Å². The number of nitrogens with two attached hydrogens (primary N) is 1. The van der Waals surface area contributed by atoms with Crippen LogP contribution in [0.15, 0.2) is 30.3 Å². The summed E-state index contributed by atoms with van der Waals surface area (Å²) in [6.07, 6.45) is 1.69. The average Bonchev–Trinajstić information content (AvgIpc) is 2.94. The van der Waals surface area contributed by atoms with Gasteiger partial charge in [-0.2, -0.15) is 0 Å². The third-order valence-electron chi connectivity index (χ3n) is 4.75. The smallest absolute Gasteiger partial charge is 0.410 e. The highest BCUT2D eigenvalue weighted by molar-refractivity contribution is 5.68. The van der Waals surface area contributed by atoms with Gasteiger partial charge in [-0.15, -0.1) is 5.10 Å². The zero-order valence-corrected chi connectivity index (χ0v) is 17.1. The van der Waals surface area contributed by atoms with Crippen molar-refractivity contribution in [1.29, 1.82) is 0 Å². The second-order valence-electron chi connectivity index (χ2n) is 8.31. The number of benzene rings is 1. The number of carbonyl (C=O) groups is 1. The van der Waals surface area contributed by atoms with Gasteiger partial charge in [-0.05, 0) is 52.7 Å². The molecule has 7 heteroatoms. The van der Waals surface area contributed by atoms with Crippen LogP contribution in [-0.4, -0.2) is 46.1 Å². The zero-order valence-electron chi connectivity index (χ0n) is 17.1. The van der Waals surface area contributed by atoms with Crippen LogP contribution in [0, 0.1) is 12.8 Å². The molecule has 1 amide bonds. The number of ether oxygens (including phenoxy) is 2. The molecule has 0 bridgehead atoms. The summed E-state index contributed by atoms with van der Waals surface area (Å²) in [7, 11) is 0. The Balaban J connectivity index is 1.62. The summed E-state index contributed by atoms with van der Waals surface area (Å²) in [6.45, 7) is 9.39. The minimum absolute atomic E-state index is 0.240. The van der Waals surface area contributed by atoms with Crippen molar-refractivity contribution in [1.82, 2.24) is 14.7 Å². The van der Waals surface area contributed by atoms with E-state index in [2.05, 4.69) is 5.10 Å². The summed E-state index contributed by atoms with van der Waals surface area (Å²) in [4.78, 5) is 14.1. The molecule has 1 atom stereocenters. The number of aromatic nitrogens is 2. The van der Waals surface area contributed by atoms with Gasteiger partial charge in [0.25, 0.3) is 0 Å². The van der Waals surface area contributed by atoms with Gasteiger partial charge in [0.1, 0.15) is 11.4 Å². The molecule has 2 aromatic rings. The van der Waals surface area contributed by atoms with Crippen molar-refractivity contribution < 1.29 is 14.3 Å². The van der Waals surface area contributed by atoms with Crippen molar-refractivity contribution in [2.24, 2.45) is 5.92 Å². The normalized spacial score (nSPS) is 17.4. The van der Waals surface area contributed by atoms with Gasteiger partial charge in [0.05, 0.1) is 17.9 Å². The quantitative estimate of drug-likeness (QED) is 0.864. The van der Waals surface area contributed by atoms with E-state index in [1.165, 1.54) is 0 Å². The molecule has 1 aromatic heterocycles. The van der Waals surface area contributed by atoms with E-state index in [4.69, 9.17) is 15.2 Å². The van der Waals surface area contributed by atoms with Crippen LogP contribution in [0.25, 0.3) is 5.69 Å². The Kier molecular flexibility index (Phi) is 5.82. The average molecular weight is 386 g/mol. The number of likely N-dealkylation sites (tertiary alicyclic amines) is 1. The molecule has 3 rings (SSSR count). The third-order valence-corrected chi connectivity index (χ3v) is 4.75. The molecule has 2 heterocycles. The first-order chi connectivity index (χ1) is 13.2. The molecule has 0 saturated carbocycles. The molecular formula is C21H30N4O3. The molecule has 0 aliphatic carbocycles. The van der Waals surface area contributed by atoms with Gasteiger partial charge >= 0.3 is 6.09 Å². The van der Waals surface area contributed by atoms with Crippen molar-refractivity contribution >= 4 is 11.9 Å². The predicted molar refractivity (Wildman–Crippen MR) is 109 cm³/mol. The molecule has 0 spiro atoms. The Labute approximate surface area is 166 Å². The van der Waals surface area contributed by atoms with E-state index >= 15 is 0 Å². The molecule has 28 heavy (non-hydrogen) atoms. The van der Waals surface area contributed by atoms with Crippen LogP contribution >= 0.6 is 0 Å². The number of nitrogens with zero attached hydrogens (tertiary/aromatic N) is 3. The first-order valence-electron chi connectivity index (χ1n) is 9.76. The molecule has 152 valence electrons. The lowest BCUT2D eigenvalue weighted by Crippen LogP contribution is -2.44. The summed E-state index contributed by atoms with van der Waals surface area (Å²) < 4.78 is 13.2. The van der Waals surface area contributed by atoms with Gasteiger partial charge in [-0.3, -0.25) is 0 Å². The largest absolute Gasteiger partial charge is 0.476 e. The molecule has 1 aliphatic heterocycles. The van der Waals surface area contributed by atoms with E-state index in [1.54, 1.807) is 9.58 Å². The number of piperidine rings is 1. The standard InChI is InChI=1S/C21H30N4O3/c1-15-18(22)25(17-10-6-5-7-11-17)23-19(15)27-14-16-9-8-12-24(13-16)20(26)28-21(2,3)4/h5-7,10-11,16H,8-9,12-14,22H2,1-4H3/t16-/m0/s1. The molecule has 1 saturated heterocycles. The maximum absolute atomic E-state index is 12.3. The van der Waals surface area contributed by atoms with Crippen molar-refractivity contribution in [2.45, 2.75) is 46.1 Å². The van der Waals surface area contributed by atoms with Gasteiger partial charge in [-0.25, -0.2) is 9.48 Å². The minimum atomic E-state index is -0.487.